The SMILES string of the molecule is Cc1ccc(CO/N=C(/N)Cc2ccccc2)cc1. The predicted octanol–water partition coefficient (Wildman–Crippen LogP) is 3.03. The summed E-state index contributed by atoms with van der Waals surface area (Å²) < 4.78 is 0. The van der Waals surface area contributed by atoms with Crippen molar-refractivity contribution in [3.05, 3.63) is 71.3 Å². The molecule has 2 N–H and O–H groups in total. The Hall–Kier alpha value is -2.29. The molecule has 2 rings (SSSR count). The number of nitrogens with zero attached hydrogens (tertiary/aromatic N) is 1. The molecule has 0 aromatic heterocycles. The summed E-state index contributed by atoms with van der Waals surface area (Å²) >= 11 is 0. The molecule has 0 aliphatic carbocycles. The van der Waals surface area contributed by atoms with E-state index < -0.39 is 0 Å². The summed E-state index contributed by atoms with van der Waals surface area (Å²) in [5.41, 5.74) is 9.26. The van der Waals surface area contributed by atoms with E-state index in [1.807, 2.05) is 42.5 Å². The molecule has 0 radical (unpaired) electrons. The minimum atomic E-state index is 0.440. The van der Waals surface area contributed by atoms with Gasteiger partial charge in [-0.25, -0.2) is 0 Å². The Morgan fingerprint density at radius 3 is 2.37 bits per heavy atom. The van der Waals surface area contributed by atoms with E-state index in [-0.39, 0.29) is 0 Å². The second-order valence-corrected chi connectivity index (χ2v) is 4.50. The van der Waals surface area contributed by atoms with Crippen molar-refractivity contribution in [3.63, 3.8) is 0 Å². The molecule has 0 saturated carbocycles. The summed E-state index contributed by atoms with van der Waals surface area (Å²) in [6.07, 6.45) is 0.606. The fourth-order valence-corrected chi connectivity index (χ4v) is 1.71. The first-order valence-corrected chi connectivity index (χ1v) is 6.28. The Labute approximate surface area is 113 Å². The van der Waals surface area contributed by atoms with E-state index in [0.717, 1.165) is 11.1 Å². The van der Waals surface area contributed by atoms with Crippen LogP contribution in [0.3, 0.4) is 0 Å². The van der Waals surface area contributed by atoms with E-state index in [9.17, 15) is 0 Å². The molecule has 3 nitrogen and oxygen atoms in total. The van der Waals surface area contributed by atoms with Gasteiger partial charge in [-0.1, -0.05) is 65.3 Å². The second kappa shape index (κ2) is 6.59. The fourth-order valence-electron chi connectivity index (χ4n) is 1.71. The molecule has 0 heterocycles. The highest BCUT2D eigenvalue weighted by molar-refractivity contribution is 5.82. The van der Waals surface area contributed by atoms with Crippen LogP contribution < -0.4 is 5.73 Å². The molecule has 0 fully saturated rings. The molecule has 0 amide bonds. The molecule has 0 bridgehead atoms. The monoisotopic (exact) mass is 254 g/mol. The van der Waals surface area contributed by atoms with Gasteiger partial charge >= 0.3 is 0 Å². The predicted molar refractivity (Wildman–Crippen MR) is 77.7 cm³/mol. The Balaban J connectivity index is 1.83. The third kappa shape index (κ3) is 4.47. The zero-order valence-electron chi connectivity index (χ0n) is 11.0. The van der Waals surface area contributed by atoms with Gasteiger partial charge < -0.3 is 10.6 Å². The Morgan fingerprint density at radius 1 is 1.00 bits per heavy atom. The highest BCUT2D eigenvalue weighted by Crippen LogP contribution is 2.05. The topological polar surface area (TPSA) is 47.6 Å². The largest absolute Gasteiger partial charge is 0.390 e. The summed E-state index contributed by atoms with van der Waals surface area (Å²) in [4.78, 5) is 5.26. The maximum atomic E-state index is 5.82. The maximum Gasteiger partial charge on any atom is 0.143 e. The van der Waals surface area contributed by atoms with Crippen molar-refractivity contribution in [1.29, 1.82) is 0 Å². The third-order valence-electron chi connectivity index (χ3n) is 2.76. The van der Waals surface area contributed by atoms with Gasteiger partial charge in [0.15, 0.2) is 0 Å². The molecule has 2 aromatic rings. The van der Waals surface area contributed by atoms with Crippen LogP contribution in [-0.4, -0.2) is 5.84 Å². The van der Waals surface area contributed by atoms with E-state index >= 15 is 0 Å². The number of oxime groups is 1. The maximum absolute atomic E-state index is 5.82. The van der Waals surface area contributed by atoms with Crippen molar-refractivity contribution in [1.82, 2.24) is 0 Å². The highest BCUT2D eigenvalue weighted by atomic mass is 16.6. The van der Waals surface area contributed by atoms with Gasteiger partial charge in [0.2, 0.25) is 0 Å². The standard InChI is InChI=1S/C16H18N2O/c1-13-7-9-15(10-8-13)12-19-18-16(17)11-14-5-3-2-4-6-14/h2-10H,11-12H2,1H3,(H2,17,18). The number of aryl methyl sites for hydroxylation is 1. The smallest absolute Gasteiger partial charge is 0.143 e. The number of amidine groups is 1. The molecule has 0 aliphatic heterocycles. The Morgan fingerprint density at radius 2 is 1.68 bits per heavy atom. The molecule has 2 aromatic carbocycles. The first-order valence-electron chi connectivity index (χ1n) is 6.28. The van der Waals surface area contributed by atoms with Gasteiger partial charge in [-0.3, -0.25) is 0 Å². The van der Waals surface area contributed by atoms with E-state index in [0.29, 0.717) is 18.9 Å². The van der Waals surface area contributed by atoms with Crippen LogP contribution >= 0.6 is 0 Å². The van der Waals surface area contributed by atoms with Crippen molar-refractivity contribution in [3.8, 4) is 0 Å². The van der Waals surface area contributed by atoms with Gasteiger partial charge in [0, 0.05) is 6.42 Å². The van der Waals surface area contributed by atoms with E-state index in [1.54, 1.807) is 0 Å². The average Bonchev–Trinajstić information content (AvgIpc) is 2.42. The minimum absolute atomic E-state index is 0.440. The van der Waals surface area contributed by atoms with Gasteiger partial charge in [0.1, 0.15) is 12.4 Å². The van der Waals surface area contributed by atoms with Crippen molar-refractivity contribution < 1.29 is 4.84 Å². The number of nitrogens with two attached hydrogens (primary N) is 1. The van der Waals surface area contributed by atoms with Crippen LogP contribution in [0.4, 0.5) is 0 Å². The Bertz CT molecular complexity index is 532. The zero-order valence-corrected chi connectivity index (χ0v) is 11.0. The molecule has 0 unspecified atom stereocenters. The number of benzene rings is 2. The van der Waals surface area contributed by atoms with Gasteiger partial charge in [-0.2, -0.15) is 0 Å². The molecule has 3 heteroatoms. The van der Waals surface area contributed by atoms with Gasteiger partial charge in [-0.05, 0) is 18.1 Å². The van der Waals surface area contributed by atoms with Crippen molar-refractivity contribution >= 4 is 5.84 Å². The lowest BCUT2D eigenvalue weighted by Crippen LogP contribution is -2.15. The van der Waals surface area contributed by atoms with Gasteiger partial charge in [-0.15, -0.1) is 0 Å². The molecule has 0 saturated heterocycles. The summed E-state index contributed by atoms with van der Waals surface area (Å²) in [6.45, 7) is 2.50. The Kier molecular flexibility index (Phi) is 4.56. The molecular formula is C16H18N2O. The minimum Gasteiger partial charge on any atom is -0.390 e. The van der Waals surface area contributed by atoms with E-state index in [1.165, 1.54) is 5.56 Å². The lowest BCUT2D eigenvalue weighted by molar-refractivity contribution is 0.129. The van der Waals surface area contributed by atoms with E-state index in [2.05, 4.69) is 24.2 Å². The molecule has 0 aliphatic rings. The fraction of sp³-hybridized carbons (Fsp3) is 0.188. The molecule has 0 atom stereocenters. The van der Waals surface area contributed by atoms with Crippen molar-refractivity contribution in [2.75, 3.05) is 0 Å². The summed E-state index contributed by atoms with van der Waals surface area (Å²) in [5, 5.41) is 3.93. The van der Waals surface area contributed by atoms with Crippen molar-refractivity contribution in [2.45, 2.75) is 20.0 Å². The third-order valence-corrected chi connectivity index (χ3v) is 2.76. The highest BCUT2D eigenvalue weighted by Gasteiger charge is 1.97. The molecule has 19 heavy (non-hydrogen) atoms. The number of hydrogen-bond donors (Lipinski definition) is 1. The van der Waals surface area contributed by atoms with Crippen molar-refractivity contribution in [2.24, 2.45) is 10.9 Å². The van der Waals surface area contributed by atoms with Crippen LogP contribution in [0.1, 0.15) is 16.7 Å². The lowest BCUT2D eigenvalue weighted by atomic mass is 10.1. The molecule has 0 spiro atoms. The van der Waals surface area contributed by atoms with Gasteiger partial charge in [0.25, 0.3) is 0 Å². The number of hydrogen-bond acceptors (Lipinski definition) is 2. The van der Waals surface area contributed by atoms with Crippen LogP contribution in [0, 0.1) is 6.92 Å². The lowest BCUT2D eigenvalue weighted by Gasteiger charge is -2.03. The first-order chi connectivity index (χ1) is 9.24. The summed E-state index contributed by atoms with van der Waals surface area (Å²) in [7, 11) is 0. The van der Waals surface area contributed by atoms with Crippen LogP contribution in [0.2, 0.25) is 0 Å². The van der Waals surface area contributed by atoms with Crippen LogP contribution in [0.5, 0.6) is 0 Å². The summed E-state index contributed by atoms with van der Waals surface area (Å²) in [6, 6.07) is 18.1. The first kappa shape index (κ1) is 13.1. The quantitative estimate of drug-likeness (QED) is 0.506. The van der Waals surface area contributed by atoms with Crippen LogP contribution in [0.15, 0.2) is 59.8 Å². The summed E-state index contributed by atoms with van der Waals surface area (Å²) in [5.74, 6) is 0.485. The zero-order chi connectivity index (χ0) is 13.5. The van der Waals surface area contributed by atoms with Crippen LogP contribution in [-0.2, 0) is 17.9 Å². The number of rotatable bonds is 5. The second-order valence-electron chi connectivity index (χ2n) is 4.50. The average molecular weight is 254 g/mol. The normalized spacial score (nSPS) is 11.3. The van der Waals surface area contributed by atoms with Gasteiger partial charge in [0.05, 0.1) is 0 Å². The van der Waals surface area contributed by atoms with Crippen LogP contribution in [0.25, 0.3) is 0 Å². The molecule has 98 valence electrons. The molecular weight excluding hydrogens is 236 g/mol. The van der Waals surface area contributed by atoms with E-state index in [4.69, 9.17) is 10.6 Å².